The average Bonchev–Trinajstić information content (AvgIpc) is 3.16. The van der Waals surface area contributed by atoms with Crippen LogP contribution in [0.1, 0.15) is 71.6 Å². The molecule has 7 rings (SSSR count). The van der Waals surface area contributed by atoms with Gasteiger partial charge in [0, 0.05) is 41.6 Å². The Balaban J connectivity index is 1.15. The number of sulfone groups is 1. The molecule has 4 aromatic rings. The third-order valence-electron chi connectivity index (χ3n) is 13.0. The summed E-state index contributed by atoms with van der Waals surface area (Å²) in [6.45, 7) is 4.65. The lowest BCUT2D eigenvalue weighted by molar-refractivity contribution is 0.0375. The van der Waals surface area contributed by atoms with Crippen molar-refractivity contribution < 1.29 is 17.9 Å². The van der Waals surface area contributed by atoms with Gasteiger partial charge in [-0.1, -0.05) is 13.8 Å². The Kier molecular flexibility index (Phi) is 12.2. The van der Waals surface area contributed by atoms with Gasteiger partial charge in [0.1, 0.15) is 23.0 Å². The Labute approximate surface area is 332 Å². The first-order chi connectivity index (χ1) is 26.8. The monoisotopic (exact) mass is 780 g/mol. The van der Waals surface area contributed by atoms with E-state index in [1.54, 1.807) is 91.0 Å². The van der Waals surface area contributed by atoms with Crippen molar-refractivity contribution in [3.05, 3.63) is 91.0 Å². The highest BCUT2D eigenvalue weighted by molar-refractivity contribution is 7.91. The van der Waals surface area contributed by atoms with Gasteiger partial charge in [0.25, 0.3) is 0 Å². The van der Waals surface area contributed by atoms with Gasteiger partial charge in [-0.2, -0.15) is 0 Å². The molecule has 11 N–H and O–H groups in total. The molecule has 0 aromatic heterocycles. The van der Waals surface area contributed by atoms with Crippen LogP contribution in [0.5, 0.6) is 23.0 Å². The zero-order valence-electron chi connectivity index (χ0n) is 32.7. The van der Waals surface area contributed by atoms with E-state index in [1.165, 1.54) is 19.3 Å². The number of nitrogens with two attached hydrogens (primary N) is 5. The van der Waals surface area contributed by atoms with Crippen LogP contribution in [0.4, 0.5) is 17.1 Å². The molecule has 10 nitrogen and oxygen atoms in total. The number of ether oxygens (including phenoxy) is 2. The quantitative estimate of drug-likeness (QED) is 0.0806. The first kappa shape index (κ1) is 39.9. The summed E-state index contributed by atoms with van der Waals surface area (Å²) in [5.74, 6) is 5.27. The summed E-state index contributed by atoms with van der Waals surface area (Å²) >= 11 is 0. The van der Waals surface area contributed by atoms with Gasteiger partial charge >= 0.3 is 0 Å². The normalized spacial score (nSPS) is 29.7. The van der Waals surface area contributed by atoms with Crippen LogP contribution in [-0.2, 0) is 9.84 Å². The van der Waals surface area contributed by atoms with Crippen molar-refractivity contribution in [1.29, 1.82) is 0 Å². The van der Waals surface area contributed by atoms with Gasteiger partial charge < -0.3 is 43.5 Å². The van der Waals surface area contributed by atoms with Crippen molar-refractivity contribution in [1.82, 2.24) is 0 Å². The van der Waals surface area contributed by atoms with Crippen molar-refractivity contribution in [3.63, 3.8) is 0 Å². The molecule has 0 aliphatic heterocycles. The molecule has 3 aliphatic carbocycles. The largest absolute Gasteiger partial charge is 0.457 e. The van der Waals surface area contributed by atoms with Gasteiger partial charge in [-0.25, -0.2) is 8.42 Å². The van der Waals surface area contributed by atoms with Gasteiger partial charge in [-0.15, -0.1) is 0 Å². The fourth-order valence-electron chi connectivity index (χ4n) is 9.98. The van der Waals surface area contributed by atoms with Gasteiger partial charge in [0.15, 0.2) is 0 Å². The Bertz CT molecular complexity index is 2030. The van der Waals surface area contributed by atoms with Crippen LogP contribution in [0.2, 0.25) is 0 Å². The minimum Gasteiger partial charge on any atom is -0.457 e. The molecule has 3 fully saturated rings. The Morgan fingerprint density at radius 1 is 0.661 bits per heavy atom. The fraction of sp³-hybridized carbons (Fsp3) is 0.467. The third-order valence-corrected chi connectivity index (χ3v) is 14.8. The maximum absolute atomic E-state index is 14.4. The standard InChI is InChI=1S/C45H60N6O4S/c1-27-21-29(3-18-41(27)49)22-30-4-19-42(50)28(2)45(30)31-23-34(48)25-35(24-31)51-43-26-39(55-37-11-7-33(47)8-12-37)15-20-44(43)56(52,53)40-16-13-38(14-17-40)54-36-9-5-32(46)6-10-36/h5-17,20,26-31,34-35,41-42,45,51H,3-4,18-19,21-25,46-50H2,1-2H3. The molecule has 3 saturated carbocycles. The second-order valence-corrected chi connectivity index (χ2v) is 19.0. The van der Waals surface area contributed by atoms with E-state index in [2.05, 4.69) is 19.2 Å². The summed E-state index contributed by atoms with van der Waals surface area (Å²) < 4.78 is 41.1. The Hall–Kier alpha value is -4.29. The van der Waals surface area contributed by atoms with Crippen LogP contribution in [0.15, 0.2) is 101 Å². The topological polar surface area (TPSA) is 195 Å². The van der Waals surface area contributed by atoms with E-state index in [-0.39, 0.29) is 27.9 Å². The maximum Gasteiger partial charge on any atom is 0.208 e. The SMILES string of the molecule is CC1CC(CC2CCC(N)C(C)C2C2CC(N)CC(Nc3cc(Oc4ccc(N)cc4)ccc3S(=O)(=O)c3ccc(Oc4ccc(N)cc4)cc3)C2)CCC1N. The third kappa shape index (κ3) is 9.28. The summed E-state index contributed by atoms with van der Waals surface area (Å²) in [5, 5.41) is 3.70. The van der Waals surface area contributed by atoms with Gasteiger partial charge in [-0.3, -0.25) is 0 Å². The molecule has 0 heterocycles. The number of anilines is 3. The highest BCUT2D eigenvalue weighted by atomic mass is 32.2. The highest BCUT2D eigenvalue weighted by Gasteiger charge is 2.44. The molecule has 300 valence electrons. The molecule has 10 unspecified atom stereocenters. The molecule has 0 spiro atoms. The molecular formula is C45H60N6O4S. The van der Waals surface area contributed by atoms with Crippen LogP contribution in [0, 0.1) is 35.5 Å². The predicted octanol–water partition coefficient (Wildman–Crippen LogP) is 8.32. The fourth-order valence-corrected chi connectivity index (χ4v) is 11.4. The molecule has 0 amide bonds. The summed E-state index contributed by atoms with van der Waals surface area (Å²) in [5.41, 5.74) is 33.6. The van der Waals surface area contributed by atoms with Crippen molar-refractivity contribution in [2.24, 2.45) is 52.7 Å². The first-order valence-electron chi connectivity index (χ1n) is 20.4. The number of hydrogen-bond donors (Lipinski definition) is 6. The van der Waals surface area contributed by atoms with Crippen LogP contribution in [0.25, 0.3) is 0 Å². The molecular weight excluding hydrogens is 721 g/mol. The van der Waals surface area contributed by atoms with Crippen LogP contribution < -0.4 is 43.5 Å². The number of nitrogens with one attached hydrogen (secondary N) is 1. The summed E-state index contributed by atoms with van der Waals surface area (Å²) in [6, 6.07) is 26.2. The number of rotatable bonds is 11. The molecule has 0 saturated heterocycles. The highest BCUT2D eigenvalue weighted by Crippen LogP contribution is 2.48. The van der Waals surface area contributed by atoms with Crippen molar-refractivity contribution in [2.45, 2.75) is 106 Å². The van der Waals surface area contributed by atoms with E-state index in [0.717, 1.165) is 38.5 Å². The zero-order chi connectivity index (χ0) is 39.6. The maximum atomic E-state index is 14.4. The lowest BCUT2D eigenvalue weighted by Crippen LogP contribution is -2.49. The second-order valence-electron chi connectivity index (χ2n) is 17.0. The molecule has 0 radical (unpaired) electrons. The predicted molar refractivity (Wildman–Crippen MR) is 225 cm³/mol. The van der Waals surface area contributed by atoms with Crippen molar-refractivity contribution in [3.8, 4) is 23.0 Å². The van der Waals surface area contributed by atoms with Gasteiger partial charge in [-0.05, 0) is 178 Å². The van der Waals surface area contributed by atoms with Crippen molar-refractivity contribution in [2.75, 3.05) is 16.8 Å². The molecule has 3 aliphatic rings. The van der Waals surface area contributed by atoms with Crippen LogP contribution in [-0.4, -0.2) is 32.6 Å². The second kappa shape index (κ2) is 17.1. The smallest absolute Gasteiger partial charge is 0.208 e. The minimum absolute atomic E-state index is 0.0205. The molecule has 11 heteroatoms. The summed E-state index contributed by atoms with van der Waals surface area (Å²) in [7, 11) is -3.97. The molecule has 56 heavy (non-hydrogen) atoms. The van der Waals surface area contributed by atoms with Crippen molar-refractivity contribution >= 4 is 26.9 Å². The van der Waals surface area contributed by atoms with Crippen LogP contribution >= 0.6 is 0 Å². The number of nitrogen functional groups attached to an aromatic ring is 2. The lowest BCUT2D eigenvalue weighted by atomic mass is 9.59. The molecule has 0 bridgehead atoms. The van der Waals surface area contributed by atoms with E-state index in [4.69, 9.17) is 38.1 Å². The Morgan fingerprint density at radius 3 is 1.86 bits per heavy atom. The van der Waals surface area contributed by atoms with E-state index in [1.807, 2.05) is 0 Å². The van der Waals surface area contributed by atoms with Crippen LogP contribution in [0.3, 0.4) is 0 Å². The number of hydrogen-bond acceptors (Lipinski definition) is 10. The average molecular weight is 781 g/mol. The van der Waals surface area contributed by atoms with E-state index >= 15 is 0 Å². The first-order valence-corrected chi connectivity index (χ1v) is 21.9. The van der Waals surface area contributed by atoms with E-state index < -0.39 is 9.84 Å². The van der Waals surface area contributed by atoms with Gasteiger partial charge in [0.2, 0.25) is 9.84 Å². The van der Waals surface area contributed by atoms with Gasteiger partial charge in [0.05, 0.1) is 15.5 Å². The lowest BCUT2D eigenvalue weighted by Gasteiger charge is -2.49. The molecule has 10 atom stereocenters. The van der Waals surface area contributed by atoms with E-state index in [0.29, 0.717) is 81.6 Å². The van der Waals surface area contributed by atoms with E-state index in [9.17, 15) is 8.42 Å². The minimum atomic E-state index is -3.97. The zero-order valence-corrected chi connectivity index (χ0v) is 33.5. The molecule has 4 aromatic carbocycles. The summed E-state index contributed by atoms with van der Waals surface area (Å²) in [4.78, 5) is 0.321. The summed E-state index contributed by atoms with van der Waals surface area (Å²) in [6.07, 6.45) is 9.49. The Morgan fingerprint density at radius 2 is 1.23 bits per heavy atom. The number of benzene rings is 4.